The smallest absolute Gasteiger partial charge is 0.249 e. The molecule has 2 rings (SSSR count). The number of nitrogen functional groups attached to an aromatic ring is 1. The molecule has 1 aromatic carbocycles. The Balaban J connectivity index is 2.27. The Hall–Kier alpha value is -2.37. The molecule has 106 valence electrons. The molecule has 20 heavy (non-hydrogen) atoms. The van der Waals surface area contributed by atoms with Crippen LogP contribution in [-0.2, 0) is 0 Å². The van der Waals surface area contributed by atoms with Gasteiger partial charge in [-0.25, -0.2) is 4.39 Å². The minimum atomic E-state index is -0.388. The van der Waals surface area contributed by atoms with E-state index in [0.29, 0.717) is 12.4 Å². The van der Waals surface area contributed by atoms with Gasteiger partial charge in [0.1, 0.15) is 17.9 Å². The number of halogens is 1. The first-order valence-corrected chi connectivity index (χ1v) is 6.29. The molecular formula is C14H16FN3O2. The molecule has 6 heteroatoms. The molecule has 1 aromatic heterocycles. The highest BCUT2D eigenvalue weighted by atomic mass is 19.1. The number of nitrogens with two attached hydrogens (primary N) is 1. The molecule has 0 fully saturated rings. The normalized spacial score (nSPS) is 10.3. The number of benzene rings is 1. The van der Waals surface area contributed by atoms with Crippen LogP contribution < -0.4 is 15.2 Å². The van der Waals surface area contributed by atoms with Crippen LogP contribution in [0.25, 0.3) is 0 Å². The zero-order valence-corrected chi connectivity index (χ0v) is 11.4. The summed E-state index contributed by atoms with van der Waals surface area (Å²) < 4.78 is 24.2. The van der Waals surface area contributed by atoms with E-state index >= 15 is 0 Å². The van der Waals surface area contributed by atoms with Gasteiger partial charge in [0.2, 0.25) is 11.8 Å². The summed E-state index contributed by atoms with van der Waals surface area (Å²) in [5, 5.41) is 0. The van der Waals surface area contributed by atoms with Crippen LogP contribution in [0.15, 0.2) is 24.5 Å². The Morgan fingerprint density at radius 1 is 1.25 bits per heavy atom. The molecule has 0 saturated heterocycles. The van der Waals surface area contributed by atoms with Gasteiger partial charge in [0.15, 0.2) is 5.69 Å². The van der Waals surface area contributed by atoms with Gasteiger partial charge in [-0.1, -0.05) is 13.0 Å². The molecular weight excluding hydrogens is 261 g/mol. The summed E-state index contributed by atoms with van der Waals surface area (Å²) >= 11 is 0. The van der Waals surface area contributed by atoms with Crippen LogP contribution in [0.1, 0.15) is 18.9 Å². The monoisotopic (exact) mass is 277 g/mol. The fourth-order valence-electron chi connectivity index (χ4n) is 1.55. The molecule has 0 atom stereocenters. The predicted octanol–water partition coefficient (Wildman–Crippen LogP) is 3.09. The fraction of sp³-hybridized carbons (Fsp3) is 0.286. The first kappa shape index (κ1) is 14.0. The van der Waals surface area contributed by atoms with Crippen LogP contribution >= 0.6 is 0 Å². The number of ether oxygens (including phenoxy) is 2. The molecule has 1 heterocycles. The van der Waals surface area contributed by atoms with Crippen molar-refractivity contribution < 1.29 is 13.9 Å². The molecule has 2 N–H and O–H groups in total. The number of nitrogens with zero attached hydrogens (tertiary/aromatic N) is 2. The molecule has 0 aliphatic heterocycles. The number of aryl methyl sites for hydroxylation is 1. The van der Waals surface area contributed by atoms with Crippen molar-refractivity contribution in [2.24, 2.45) is 0 Å². The molecule has 0 amide bonds. The topological polar surface area (TPSA) is 70.3 Å². The van der Waals surface area contributed by atoms with Crippen LogP contribution in [0.3, 0.4) is 0 Å². The van der Waals surface area contributed by atoms with E-state index in [-0.39, 0.29) is 23.3 Å². The van der Waals surface area contributed by atoms with Crippen molar-refractivity contribution in [2.45, 2.75) is 20.3 Å². The zero-order valence-electron chi connectivity index (χ0n) is 11.4. The van der Waals surface area contributed by atoms with Crippen LogP contribution in [0.4, 0.5) is 10.1 Å². The average molecular weight is 277 g/mol. The Kier molecular flexibility index (Phi) is 4.34. The van der Waals surface area contributed by atoms with E-state index in [1.165, 1.54) is 18.5 Å². The fourth-order valence-corrected chi connectivity index (χ4v) is 1.55. The lowest BCUT2D eigenvalue weighted by Gasteiger charge is -2.12. The molecule has 0 aliphatic rings. The van der Waals surface area contributed by atoms with Crippen molar-refractivity contribution in [1.29, 1.82) is 0 Å². The van der Waals surface area contributed by atoms with E-state index in [4.69, 9.17) is 15.2 Å². The number of hydrogen-bond donors (Lipinski definition) is 1. The highest BCUT2D eigenvalue weighted by molar-refractivity contribution is 5.57. The quantitative estimate of drug-likeness (QED) is 0.909. The SMILES string of the molecule is CCCOc1ncnc(Oc2cc(F)ccc2C)c1N. The average Bonchev–Trinajstić information content (AvgIpc) is 2.44. The maximum atomic E-state index is 13.2. The lowest BCUT2D eigenvalue weighted by molar-refractivity contribution is 0.304. The second-order valence-corrected chi connectivity index (χ2v) is 4.26. The van der Waals surface area contributed by atoms with Gasteiger partial charge < -0.3 is 15.2 Å². The van der Waals surface area contributed by atoms with Gasteiger partial charge in [-0.3, -0.25) is 0 Å². The van der Waals surface area contributed by atoms with E-state index in [1.54, 1.807) is 13.0 Å². The first-order valence-electron chi connectivity index (χ1n) is 6.29. The molecule has 2 aromatic rings. The third kappa shape index (κ3) is 3.14. The number of rotatable bonds is 5. The summed E-state index contributed by atoms with van der Waals surface area (Å²) in [6.45, 7) is 4.28. The van der Waals surface area contributed by atoms with Crippen LogP contribution in [0.5, 0.6) is 17.5 Å². The van der Waals surface area contributed by atoms with Crippen molar-refractivity contribution in [3.63, 3.8) is 0 Å². The third-order valence-electron chi connectivity index (χ3n) is 2.61. The molecule has 0 spiro atoms. The molecule has 0 unspecified atom stereocenters. The van der Waals surface area contributed by atoms with Crippen LogP contribution in [-0.4, -0.2) is 16.6 Å². The zero-order chi connectivity index (χ0) is 14.5. The summed E-state index contributed by atoms with van der Waals surface area (Å²) in [5.41, 5.74) is 6.87. The van der Waals surface area contributed by atoms with Gasteiger partial charge >= 0.3 is 0 Å². The minimum Gasteiger partial charge on any atom is -0.476 e. The van der Waals surface area contributed by atoms with Crippen molar-refractivity contribution in [1.82, 2.24) is 9.97 Å². The standard InChI is InChI=1S/C14H16FN3O2/c1-3-6-19-13-12(16)14(18-8-17-13)20-11-7-10(15)5-4-9(11)2/h4-5,7-8H,3,6,16H2,1-2H3. The van der Waals surface area contributed by atoms with Gasteiger partial charge in [0.05, 0.1) is 6.61 Å². The van der Waals surface area contributed by atoms with Crippen molar-refractivity contribution in [2.75, 3.05) is 12.3 Å². The van der Waals surface area contributed by atoms with Crippen LogP contribution in [0, 0.1) is 12.7 Å². The Labute approximate surface area is 116 Å². The Morgan fingerprint density at radius 3 is 2.75 bits per heavy atom. The molecule has 0 bridgehead atoms. The maximum absolute atomic E-state index is 13.2. The second-order valence-electron chi connectivity index (χ2n) is 4.26. The van der Waals surface area contributed by atoms with Crippen LogP contribution in [0.2, 0.25) is 0 Å². The molecule has 5 nitrogen and oxygen atoms in total. The van der Waals surface area contributed by atoms with Gasteiger partial charge in [0.25, 0.3) is 0 Å². The van der Waals surface area contributed by atoms with Crippen molar-refractivity contribution in [3.8, 4) is 17.5 Å². The van der Waals surface area contributed by atoms with Gasteiger partial charge in [-0.05, 0) is 25.0 Å². The lowest BCUT2D eigenvalue weighted by atomic mass is 10.2. The first-order chi connectivity index (χ1) is 9.61. The van der Waals surface area contributed by atoms with Crippen molar-refractivity contribution in [3.05, 3.63) is 35.9 Å². The summed E-state index contributed by atoms with van der Waals surface area (Å²) in [6, 6.07) is 4.27. The number of aromatic nitrogens is 2. The minimum absolute atomic E-state index is 0.153. The van der Waals surface area contributed by atoms with E-state index in [0.717, 1.165) is 12.0 Å². The predicted molar refractivity (Wildman–Crippen MR) is 73.4 cm³/mol. The Bertz CT molecular complexity index is 605. The highest BCUT2D eigenvalue weighted by Crippen LogP contribution is 2.32. The van der Waals surface area contributed by atoms with E-state index < -0.39 is 0 Å². The summed E-state index contributed by atoms with van der Waals surface area (Å²) in [7, 11) is 0. The van der Waals surface area contributed by atoms with E-state index in [1.807, 2.05) is 6.92 Å². The molecule has 0 saturated carbocycles. The number of hydrogen-bond acceptors (Lipinski definition) is 5. The van der Waals surface area contributed by atoms with Crippen molar-refractivity contribution >= 4 is 5.69 Å². The van der Waals surface area contributed by atoms with E-state index in [2.05, 4.69) is 9.97 Å². The van der Waals surface area contributed by atoms with Gasteiger partial charge in [-0.2, -0.15) is 9.97 Å². The lowest BCUT2D eigenvalue weighted by Crippen LogP contribution is -2.04. The maximum Gasteiger partial charge on any atom is 0.249 e. The van der Waals surface area contributed by atoms with Gasteiger partial charge in [-0.15, -0.1) is 0 Å². The highest BCUT2D eigenvalue weighted by Gasteiger charge is 2.12. The number of anilines is 1. The summed E-state index contributed by atoms with van der Waals surface area (Å²) in [5.74, 6) is 0.392. The molecule has 0 radical (unpaired) electrons. The third-order valence-corrected chi connectivity index (χ3v) is 2.61. The largest absolute Gasteiger partial charge is 0.476 e. The van der Waals surface area contributed by atoms with Gasteiger partial charge in [0, 0.05) is 6.07 Å². The Morgan fingerprint density at radius 2 is 2.00 bits per heavy atom. The molecule has 0 aliphatic carbocycles. The summed E-state index contributed by atoms with van der Waals surface area (Å²) in [4.78, 5) is 7.90. The second kappa shape index (κ2) is 6.18. The van der Waals surface area contributed by atoms with E-state index in [9.17, 15) is 4.39 Å². The summed E-state index contributed by atoms with van der Waals surface area (Å²) in [6.07, 6.45) is 2.13.